The van der Waals surface area contributed by atoms with Gasteiger partial charge in [-0.25, -0.2) is 14.7 Å². The van der Waals surface area contributed by atoms with Crippen LogP contribution in [0, 0.1) is 12.3 Å². The smallest absolute Gasteiger partial charge is 0.270 e. The second-order valence-corrected chi connectivity index (χ2v) is 8.15. The Balaban J connectivity index is 1.38. The van der Waals surface area contributed by atoms with E-state index in [9.17, 15) is 9.59 Å². The van der Waals surface area contributed by atoms with Crippen molar-refractivity contribution in [1.29, 1.82) is 5.41 Å². The van der Waals surface area contributed by atoms with Crippen LogP contribution in [0.15, 0.2) is 82.7 Å². The van der Waals surface area contributed by atoms with Gasteiger partial charge in [0.15, 0.2) is 5.84 Å². The van der Waals surface area contributed by atoms with Crippen LogP contribution in [-0.2, 0) is 6.54 Å². The van der Waals surface area contributed by atoms with E-state index in [0.717, 1.165) is 11.1 Å². The molecule has 9 heteroatoms. The third-order valence-corrected chi connectivity index (χ3v) is 5.63. The summed E-state index contributed by atoms with van der Waals surface area (Å²) in [6.07, 6.45) is 1.61. The minimum atomic E-state index is -0.388. The number of pyridine rings is 1. The number of amidine groups is 1. The van der Waals surface area contributed by atoms with E-state index in [4.69, 9.17) is 11.1 Å². The first kappa shape index (κ1) is 21.9. The SMILES string of the molecule is Cc1cc(-c2ccc(N)nc2)nn(Cc2cccc(C(=O)NC3=Nc4ccccc4C3=N)c2)c1=O. The summed E-state index contributed by atoms with van der Waals surface area (Å²) in [4.78, 5) is 34.1. The Morgan fingerprint density at radius 1 is 1.09 bits per heavy atom. The topological polar surface area (TPSA) is 139 Å². The summed E-state index contributed by atoms with van der Waals surface area (Å²) in [5.41, 5.74) is 9.94. The predicted molar refractivity (Wildman–Crippen MR) is 134 cm³/mol. The molecule has 0 saturated carbocycles. The zero-order valence-corrected chi connectivity index (χ0v) is 18.8. The number of carbonyl (C=O) groups is 1. The lowest BCUT2D eigenvalue weighted by Gasteiger charge is -2.11. The molecule has 0 fully saturated rings. The number of hydrogen-bond donors (Lipinski definition) is 3. The highest BCUT2D eigenvalue weighted by molar-refractivity contribution is 6.52. The second-order valence-electron chi connectivity index (χ2n) is 8.15. The average molecular weight is 464 g/mol. The Labute approximate surface area is 200 Å². The maximum Gasteiger partial charge on any atom is 0.270 e. The highest BCUT2D eigenvalue weighted by Gasteiger charge is 2.22. The zero-order valence-electron chi connectivity index (χ0n) is 18.8. The number of anilines is 1. The highest BCUT2D eigenvalue weighted by Crippen LogP contribution is 2.25. The number of aryl methyl sites for hydroxylation is 1. The third kappa shape index (κ3) is 4.34. The fraction of sp³-hybridized carbons (Fsp3) is 0.0769. The summed E-state index contributed by atoms with van der Waals surface area (Å²) in [6.45, 7) is 1.91. The fourth-order valence-electron chi connectivity index (χ4n) is 3.82. The van der Waals surface area contributed by atoms with Crippen molar-refractivity contribution in [3.8, 4) is 11.3 Å². The standard InChI is InChI=1S/C26H21N7O2/c1-15-11-21(18-9-10-22(27)29-13-18)32-33(26(15)35)14-16-5-4-6-17(12-16)25(34)31-24-23(28)19-7-2-3-8-20(19)30-24/h2-13H,14H2,1H3,(H2,27,29)(H2,28,30,31,34). The van der Waals surface area contributed by atoms with Crippen LogP contribution in [0.1, 0.15) is 27.0 Å². The van der Waals surface area contributed by atoms with Crippen LogP contribution in [0.2, 0.25) is 0 Å². The molecule has 5 rings (SSSR count). The summed E-state index contributed by atoms with van der Waals surface area (Å²) >= 11 is 0. The maximum atomic E-state index is 12.9. The van der Waals surface area contributed by atoms with Gasteiger partial charge in [-0.3, -0.25) is 15.0 Å². The lowest BCUT2D eigenvalue weighted by molar-refractivity contribution is 0.0977. The van der Waals surface area contributed by atoms with Gasteiger partial charge in [-0.15, -0.1) is 0 Å². The molecule has 2 aromatic heterocycles. The number of hydrogen-bond acceptors (Lipinski definition) is 7. The number of fused-ring (bicyclic) bond motifs is 1. The lowest BCUT2D eigenvalue weighted by Crippen LogP contribution is -2.34. The summed E-state index contributed by atoms with van der Waals surface area (Å²) in [5.74, 6) is 0.220. The first-order chi connectivity index (χ1) is 16.9. The molecule has 0 bridgehead atoms. The van der Waals surface area contributed by atoms with Crippen molar-refractivity contribution in [3.63, 3.8) is 0 Å². The molecule has 3 heterocycles. The van der Waals surface area contributed by atoms with Gasteiger partial charge in [0, 0.05) is 28.5 Å². The van der Waals surface area contributed by atoms with Crippen molar-refractivity contribution in [2.75, 3.05) is 5.73 Å². The van der Waals surface area contributed by atoms with Gasteiger partial charge in [-0.05, 0) is 48.9 Å². The summed E-state index contributed by atoms with van der Waals surface area (Å²) in [7, 11) is 0. The van der Waals surface area contributed by atoms with Crippen LogP contribution in [0.4, 0.5) is 11.5 Å². The number of carbonyl (C=O) groups excluding carboxylic acids is 1. The molecule has 172 valence electrons. The van der Waals surface area contributed by atoms with Crippen molar-refractivity contribution in [2.45, 2.75) is 13.5 Å². The molecule has 0 spiro atoms. The van der Waals surface area contributed by atoms with Crippen molar-refractivity contribution < 1.29 is 4.79 Å². The first-order valence-electron chi connectivity index (χ1n) is 10.9. The Morgan fingerprint density at radius 3 is 2.69 bits per heavy atom. The number of nitrogens with two attached hydrogens (primary N) is 1. The monoisotopic (exact) mass is 463 g/mol. The molecule has 0 radical (unpaired) electrons. The van der Waals surface area contributed by atoms with E-state index in [0.29, 0.717) is 33.9 Å². The number of amides is 1. The number of rotatable bonds is 4. The summed E-state index contributed by atoms with van der Waals surface area (Å²) in [6, 6.07) is 19.4. The Kier molecular flexibility index (Phi) is 5.50. The molecule has 4 N–H and O–H groups in total. The quantitative estimate of drug-likeness (QED) is 0.427. The van der Waals surface area contributed by atoms with E-state index in [1.165, 1.54) is 4.68 Å². The number of aliphatic imine (C=N–C) groups is 1. The lowest BCUT2D eigenvalue weighted by atomic mass is 10.1. The summed E-state index contributed by atoms with van der Waals surface area (Å²) in [5, 5.41) is 15.5. The van der Waals surface area contributed by atoms with Crippen LogP contribution < -0.4 is 16.6 Å². The van der Waals surface area contributed by atoms with E-state index in [2.05, 4.69) is 20.4 Å². The maximum absolute atomic E-state index is 12.9. The van der Waals surface area contributed by atoms with Gasteiger partial charge in [0.1, 0.15) is 11.5 Å². The molecule has 0 unspecified atom stereocenters. The van der Waals surface area contributed by atoms with Crippen LogP contribution in [0.5, 0.6) is 0 Å². The second kappa shape index (κ2) is 8.79. The summed E-state index contributed by atoms with van der Waals surface area (Å²) < 4.78 is 1.37. The molecule has 2 aromatic carbocycles. The van der Waals surface area contributed by atoms with E-state index >= 15 is 0 Å². The van der Waals surface area contributed by atoms with Crippen molar-refractivity contribution in [3.05, 3.63) is 106 Å². The third-order valence-electron chi connectivity index (χ3n) is 5.63. The largest absolute Gasteiger partial charge is 0.384 e. The molecule has 0 atom stereocenters. The molecule has 1 aliphatic heterocycles. The van der Waals surface area contributed by atoms with Gasteiger partial charge in [0.2, 0.25) is 0 Å². The molecule has 35 heavy (non-hydrogen) atoms. The van der Waals surface area contributed by atoms with Crippen molar-refractivity contribution >= 4 is 29.0 Å². The Bertz CT molecular complexity index is 1570. The zero-order chi connectivity index (χ0) is 24.5. The van der Waals surface area contributed by atoms with Gasteiger partial charge in [-0.1, -0.05) is 30.3 Å². The van der Waals surface area contributed by atoms with Gasteiger partial charge < -0.3 is 11.1 Å². The van der Waals surface area contributed by atoms with E-state index in [1.807, 2.05) is 18.2 Å². The van der Waals surface area contributed by atoms with Gasteiger partial charge in [0.05, 0.1) is 17.9 Å². The highest BCUT2D eigenvalue weighted by atomic mass is 16.1. The average Bonchev–Trinajstić information content (AvgIpc) is 3.17. The normalized spacial score (nSPS) is 12.3. The number of nitrogen functional groups attached to an aromatic ring is 1. The molecule has 0 aliphatic carbocycles. The fourth-order valence-corrected chi connectivity index (χ4v) is 3.82. The Hall–Kier alpha value is -4.92. The number of benzene rings is 2. The van der Waals surface area contributed by atoms with Crippen LogP contribution >= 0.6 is 0 Å². The molecule has 4 aromatic rings. The molecular formula is C26H21N7O2. The van der Waals surface area contributed by atoms with Gasteiger partial charge >= 0.3 is 0 Å². The number of para-hydroxylation sites is 1. The van der Waals surface area contributed by atoms with Crippen molar-refractivity contribution in [2.24, 2.45) is 4.99 Å². The van der Waals surface area contributed by atoms with Gasteiger partial charge in [-0.2, -0.15) is 5.10 Å². The molecule has 9 nitrogen and oxygen atoms in total. The minimum absolute atomic E-state index is 0.172. The van der Waals surface area contributed by atoms with Crippen LogP contribution in [0.3, 0.4) is 0 Å². The minimum Gasteiger partial charge on any atom is -0.384 e. The molecule has 1 amide bonds. The van der Waals surface area contributed by atoms with Crippen LogP contribution in [-0.4, -0.2) is 32.2 Å². The number of nitrogens with one attached hydrogen (secondary N) is 2. The first-order valence-corrected chi connectivity index (χ1v) is 10.9. The van der Waals surface area contributed by atoms with E-state index in [-0.39, 0.29) is 29.6 Å². The van der Waals surface area contributed by atoms with Crippen LogP contribution in [0.25, 0.3) is 11.3 Å². The Morgan fingerprint density at radius 2 is 1.91 bits per heavy atom. The van der Waals surface area contributed by atoms with E-state index < -0.39 is 0 Å². The molecule has 1 aliphatic rings. The van der Waals surface area contributed by atoms with E-state index in [1.54, 1.807) is 61.7 Å². The predicted octanol–water partition coefficient (Wildman–Crippen LogP) is 3.09. The number of aromatic nitrogens is 3. The number of nitrogens with zero attached hydrogens (tertiary/aromatic N) is 4. The van der Waals surface area contributed by atoms with Crippen molar-refractivity contribution in [1.82, 2.24) is 20.1 Å². The van der Waals surface area contributed by atoms with Gasteiger partial charge in [0.25, 0.3) is 11.5 Å². The molecule has 0 saturated heterocycles. The molecular weight excluding hydrogens is 442 g/mol.